The first-order valence-corrected chi connectivity index (χ1v) is 4.73. The second kappa shape index (κ2) is 4.02. The van der Waals surface area contributed by atoms with Crippen LogP contribution in [0.2, 0.25) is 0 Å². The van der Waals surface area contributed by atoms with Crippen LogP contribution in [0.5, 0.6) is 0 Å². The molecule has 2 rings (SSSR count). The van der Waals surface area contributed by atoms with E-state index in [1.807, 2.05) is 6.07 Å². The summed E-state index contributed by atoms with van der Waals surface area (Å²) < 4.78 is 10.3. The zero-order valence-corrected chi connectivity index (χ0v) is 8.43. The molecule has 0 atom stereocenters. The Balaban J connectivity index is 2.19. The van der Waals surface area contributed by atoms with Crippen molar-refractivity contribution in [1.82, 2.24) is 9.97 Å². The lowest BCUT2D eigenvalue weighted by atomic mass is 10.3. The van der Waals surface area contributed by atoms with Gasteiger partial charge in [-0.3, -0.25) is 0 Å². The first kappa shape index (κ1) is 9.55. The molecule has 1 aliphatic rings. The highest BCUT2D eigenvalue weighted by molar-refractivity contribution is 5.10. The van der Waals surface area contributed by atoms with Gasteiger partial charge in [-0.1, -0.05) is 0 Å². The van der Waals surface area contributed by atoms with Gasteiger partial charge in [0.1, 0.15) is 5.82 Å². The van der Waals surface area contributed by atoms with Gasteiger partial charge in [0.2, 0.25) is 6.29 Å². The fourth-order valence-corrected chi connectivity index (χ4v) is 1.40. The maximum Gasteiger partial charge on any atom is 0.200 e. The quantitative estimate of drug-likeness (QED) is 0.683. The third kappa shape index (κ3) is 1.91. The summed E-state index contributed by atoms with van der Waals surface area (Å²) in [6.45, 7) is 0. The van der Waals surface area contributed by atoms with E-state index in [9.17, 15) is 0 Å². The van der Waals surface area contributed by atoms with Crippen LogP contribution >= 0.6 is 0 Å². The number of rotatable bonds is 4. The SMILES string of the molecule is COC(OC)c1ccnc(C2CC2)n1. The number of ether oxygens (including phenoxy) is 2. The van der Waals surface area contributed by atoms with Crippen LogP contribution in [0.3, 0.4) is 0 Å². The van der Waals surface area contributed by atoms with Crippen molar-refractivity contribution in [1.29, 1.82) is 0 Å². The van der Waals surface area contributed by atoms with Gasteiger partial charge >= 0.3 is 0 Å². The molecular weight excluding hydrogens is 180 g/mol. The Bertz CT molecular complexity index is 309. The van der Waals surface area contributed by atoms with Crippen LogP contribution in [0, 0.1) is 0 Å². The van der Waals surface area contributed by atoms with Crippen LogP contribution in [0.15, 0.2) is 12.3 Å². The molecule has 0 spiro atoms. The minimum Gasteiger partial charge on any atom is -0.350 e. The lowest BCUT2D eigenvalue weighted by Crippen LogP contribution is -2.08. The highest BCUT2D eigenvalue weighted by Crippen LogP contribution is 2.38. The van der Waals surface area contributed by atoms with Crippen molar-refractivity contribution in [3.63, 3.8) is 0 Å². The molecule has 76 valence electrons. The van der Waals surface area contributed by atoms with E-state index in [2.05, 4.69) is 9.97 Å². The van der Waals surface area contributed by atoms with Crippen molar-refractivity contribution in [2.45, 2.75) is 25.0 Å². The molecule has 0 aliphatic heterocycles. The fourth-order valence-electron chi connectivity index (χ4n) is 1.40. The molecule has 1 aromatic heterocycles. The zero-order valence-electron chi connectivity index (χ0n) is 8.43. The van der Waals surface area contributed by atoms with Gasteiger partial charge in [0.05, 0.1) is 5.69 Å². The van der Waals surface area contributed by atoms with Crippen LogP contribution in [-0.4, -0.2) is 24.2 Å². The van der Waals surface area contributed by atoms with Crippen LogP contribution in [-0.2, 0) is 9.47 Å². The molecule has 1 fully saturated rings. The Hall–Kier alpha value is -1.00. The van der Waals surface area contributed by atoms with E-state index >= 15 is 0 Å². The minimum absolute atomic E-state index is 0.379. The largest absolute Gasteiger partial charge is 0.350 e. The van der Waals surface area contributed by atoms with E-state index in [0.717, 1.165) is 11.5 Å². The second-order valence-electron chi connectivity index (χ2n) is 3.42. The molecule has 1 saturated carbocycles. The molecular formula is C10H14N2O2. The van der Waals surface area contributed by atoms with Gasteiger partial charge in [0, 0.05) is 26.3 Å². The molecule has 0 radical (unpaired) electrons. The number of methoxy groups -OCH3 is 2. The summed E-state index contributed by atoms with van der Waals surface area (Å²) in [4.78, 5) is 8.65. The molecule has 4 nitrogen and oxygen atoms in total. The number of hydrogen-bond donors (Lipinski definition) is 0. The first-order chi connectivity index (χ1) is 6.85. The Morgan fingerprint density at radius 2 is 2.07 bits per heavy atom. The summed E-state index contributed by atoms with van der Waals surface area (Å²) in [5, 5.41) is 0. The first-order valence-electron chi connectivity index (χ1n) is 4.73. The average molecular weight is 194 g/mol. The Morgan fingerprint density at radius 1 is 1.36 bits per heavy atom. The van der Waals surface area contributed by atoms with E-state index in [0.29, 0.717) is 5.92 Å². The highest BCUT2D eigenvalue weighted by atomic mass is 16.7. The Labute approximate surface area is 83.3 Å². The van der Waals surface area contributed by atoms with Crippen molar-refractivity contribution < 1.29 is 9.47 Å². The highest BCUT2D eigenvalue weighted by Gasteiger charge is 2.27. The van der Waals surface area contributed by atoms with Crippen molar-refractivity contribution >= 4 is 0 Å². The minimum atomic E-state index is -0.379. The Kier molecular flexibility index (Phi) is 2.74. The average Bonchev–Trinajstić information content (AvgIpc) is 3.03. The van der Waals surface area contributed by atoms with Crippen molar-refractivity contribution in [3.05, 3.63) is 23.8 Å². The molecule has 1 aromatic rings. The van der Waals surface area contributed by atoms with Crippen molar-refractivity contribution in [2.75, 3.05) is 14.2 Å². The van der Waals surface area contributed by atoms with Gasteiger partial charge < -0.3 is 9.47 Å². The van der Waals surface area contributed by atoms with Gasteiger partial charge in [0.15, 0.2) is 0 Å². The van der Waals surface area contributed by atoms with Crippen molar-refractivity contribution in [2.24, 2.45) is 0 Å². The molecule has 0 bridgehead atoms. The summed E-state index contributed by atoms with van der Waals surface area (Å²) in [7, 11) is 3.21. The molecule has 0 amide bonds. The third-order valence-electron chi connectivity index (χ3n) is 2.31. The summed E-state index contributed by atoms with van der Waals surface area (Å²) >= 11 is 0. The smallest absolute Gasteiger partial charge is 0.200 e. The van der Waals surface area contributed by atoms with E-state index in [1.54, 1.807) is 20.4 Å². The molecule has 0 N–H and O–H groups in total. The van der Waals surface area contributed by atoms with Crippen LogP contribution < -0.4 is 0 Å². The van der Waals surface area contributed by atoms with Gasteiger partial charge in [-0.15, -0.1) is 0 Å². The fraction of sp³-hybridized carbons (Fsp3) is 0.600. The monoisotopic (exact) mass is 194 g/mol. The third-order valence-corrected chi connectivity index (χ3v) is 2.31. The maximum atomic E-state index is 5.13. The predicted octanol–water partition coefficient (Wildman–Crippen LogP) is 1.65. The molecule has 4 heteroatoms. The van der Waals surface area contributed by atoms with Crippen LogP contribution in [0.4, 0.5) is 0 Å². The molecule has 1 aliphatic carbocycles. The van der Waals surface area contributed by atoms with E-state index < -0.39 is 0 Å². The standard InChI is InChI=1S/C10H14N2O2/c1-13-10(14-2)8-5-6-11-9(12-8)7-3-4-7/h5-7,10H,3-4H2,1-2H3. The van der Waals surface area contributed by atoms with Gasteiger partial charge in [-0.2, -0.15) is 0 Å². The topological polar surface area (TPSA) is 44.2 Å². The number of aromatic nitrogens is 2. The molecule has 0 aromatic carbocycles. The molecule has 14 heavy (non-hydrogen) atoms. The molecule has 1 heterocycles. The van der Waals surface area contributed by atoms with Crippen LogP contribution in [0.1, 0.15) is 36.6 Å². The van der Waals surface area contributed by atoms with Gasteiger partial charge in [0.25, 0.3) is 0 Å². The van der Waals surface area contributed by atoms with E-state index in [1.165, 1.54) is 12.8 Å². The second-order valence-corrected chi connectivity index (χ2v) is 3.42. The van der Waals surface area contributed by atoms with E-state index in [4.69, 9.17) is 9.47 Å². The Morgan fingerprint density at radius 3 is 2.64 bits per heavy atom. The van der Waals surface area contributed by atoms with Crippen LogP contribution in [0.25, 0.3) is 0 Å². The predicted molar refractivity (Wildman–Crippen MR) is 50.8 cm³/mol. The summed E-state index contributed by atoms with van der Waals surface area (Å²) in [6, 6.07) is 1.82. The maximum absolute atomic E-state index is 5.13. The van der Waals surface area contributed by atoms with Gasteiger partial charge in [-0.25, -0.2) is 9.97 Å². The lowest BCUT2D eigenvalue weighted by molar-refractivity contribution is -0.108. The lowest BCUT2D eigenvalue weighted by Gasteiger charge is -2.12. The number of nitrogens with zero attached hydrogens (tertiary/aromatic N) is 2. The zero-order chi connectivity index (χ0) is 9.97. The summed E-state index contributed by atoms with van der Waals surface area (Å²) in [5.41, 5.74) is 0.798. The van der Waals surface area contributed by atoms with Gasteiger partial charge in [-0.05, 0) is 18.9 Å². The van der Waals surface area contributed by atoms with E-state index in [-0.39, 0.29) is 6.29 Å². The molecule has 0 unspecified atom stereocenters. The normalized spacial score (nSPS) is 16.2. The molecule has 0 saturated heterocycles. The number of hydrogen-bond acceptors (Lipinski definition) is 4. The summed E-state index contributed by atoms with van der Waals surface area (Å²) in [6.07, 6.45) is 3.79. The summed E-state index contributed by atoms with van der Waals surface area (Å²) in [5.74, 6) is 1.48. The van der Waals surface area contributed by atoms with Crippen molar-refractivity contribution in [3.8, 4) is 0 Å².